The fourth-order valence-electron chi connectivity index (χ4n) is 4.42. The molecule has 1 aliphatic rings. The molecule has 3 N–H and O–H groups in total. The zero-order valence-electron chi connectivity index (χ0n) is 19.2. The van der Waals surface area contributed by atoms with Crippen molar-refractivity contribution in [1.29, 1.82) is 0 Å². The van der Waals surface area contributed by atoms with Gasteiger partial charge in [-0.15, -0.1) is 0 Å². The van der Waals surface area contributed by atoms with Gasteiger partial charge in [0.05, 0.1) is 0 Å². The molecule has 172 valence electrons. The van der Waals surface area contributed by atoms with Crippen LogP contribution in [0.3, 0.4) is 0 Å². The lowest BCUT2D eigenvalue weighted by atomic mass is 9.90. The Hall–Kier alpha value is -3.76. The molecule has 1 unspecified atom stereocenters. The summed E-state index contributed by atoms with van der Waals surface area (Å²) in [6, 6.07) is 33.2. The molecule has 0 aromatic heterocycles. The molecule has 1 heterocycles. The first kappa shape index (κ1) is 22.1. The Morgan fingerprint density at radius 3 is 1.91 bits per heavy atom. The number of rotatable bonds is 8. The molecular weight excluding hydrogens is 420 g/mol. The van der Waals surface area contributed by atoms with E-state index in [0.29, 0.717) is 13.2 Å². The maximum Gasteiger partial charge on any atom is 0.162 e. The van der Waals surface area contributed by atoms with Gasteiger partial charge in [-0.1, -0.05) is 72.8 Å². The minimum Gasteiger partial charge on any atom is -0.485 e. The van der Waals surface area contributed by atoms with Crippen LogP contribution >= 0.6 is 0 Å². The quantitative estimate of drug-likeness (QED) is 0.330. The summed E-state index contributed by atoms with van der Waals surface area (Å²) in [4.78, 5) is 0. The minimum absolute atomic E-state index is 0.217. The highest BCUT2D eigenvalue weighted by Gasteiger charge is 2.23. The number of anilines is 1. The van der Waals surface area contributed by atoms with Crippen molar-refractivity contribution in [3.05, 3.63) is 125 Å². The Morgan fingerprint density at radius 1 is 0.706 bits per heavy atom. The summed E-state index contributed by atoms with van der Waals surface area (Å²) in [5.41, 5.74) is 12.8. The molecule has 1 aliphatic heterocycles. The fraction of sp³-hybridized carbons (Fsp3) is 0.200. The zero-order chi connectivity index (χ0) is 23.2. The molecule has 0 fully saturated rings. The highest BCUT2D eigenvalue weighted by atomic mass is 16.5. The molecule has 5 rings (SSSR count). The van der Waals surface area contributed by atoms with E-state index in [2.05, 4.69) is 53.8 Å². The van der Waals surface area contributed by atoms with Gasteiger partial charge < -0.3 is 20.5 Å². The zero-order valence-corrected chi connectivity index (χ0v) is 19.2. The highest BCUT2D eigenvalue weighted by Crippen LogP contribution is 2.37. The van der Waals surface area contributed by atoms with Gasteiger partial charge in [0.2, 0.25) is 0 Å². The number of fused-ring (bicyclic) bond motifs is 1. The van der Waals surface area contributed by atoms with Gasteiger partial charge in [0.25, 0.3) is 0 Å². The number of benzene rings is 4. The number of nitrogens with one attached hydrogen (secondary N) is 1. The monoisotopic (exact) mass is 450 g/mol. The van der Waals surface area contributed by atoms with Crippen LogP contribution in [0.5, 0.6) is 11.5 Å². The summed E-state index contributed by atoms with van der Waals surface area (Å²) >= 11 is 0. The predicted octanol–water partition coefficient (Wildman–Crippen LogP) is 5.86. The van der Waals surface area contributed by atoms with Crippen molar-refractivity contribution in [2.75, 3.05) is 12.3 Å². The molecule has 0 spiro atoms. The van der Waals surface area contributed by atoms with Gasteiger partial charge in [-0.2, -0.15) is 0 Å². The van der Waals surface area contributed by atoms with Crippen molar-refractivity contribution in [1.82, 2.24) is 5.32 Å². The topological polar surface area (TPSA) is 56.5 Å². The summed E-state index contributed by atoms with van der Waals surface area (Å²) < 4.78 is 12.6. The average molecular weight is 451 g/mol. The molecule has 4 nitrogen and oxygen atoms in total. The lowest BCUT2D eigenvalue weighted by Crippen LogP contribution is -2.31. The molecule has 0 amide bonds. The van der Waals surface area contributed by atoms with Crippen LogP contribution in [0.4, 0.5) is 5.69 Å². The third kappa shape index (κ3) is 5.41. The first-order valence-electron chi connectivity index (χ1n) is 11.8. The van der Waals surface area contributed by atoms with Crippen molar-refractivity contribution in [3.63, 3.8) is 0 Å². The minimum atomic E-state index is 0.217. The van der Waals surface area contributed by atoms with E-state index in [-0.39, 0.29) is 6.04 Å². The van der Waals surface area contributed by atoms with Crippen LogP contribution in [0.25, 0.3) is 0 Å². The molecule has 4 aromatic rings. The molecule has 0 aliphatic carbocycles. The third-order valence-electron chi connectivity index (χ3n) is 6.26. The molecule has 4 aromatic carbocycles. The lowest BCUT2D eigenvalue weighted by molar-refractivity contribution is 0.254. The largest absolute Gasteiger partial charge is 0.485 e. The van der Waals surface area contributed by atoms with Crippen molar-refractivity contribution >= 4 is 5.69 Å². The van der Waals surface area contributed by atoms with Gasteiger partial charge in [-0.25, -0.2) is 0 Å². The van der Waals surface area contributed by atoms with Gasteiger partial charge in [0.15, 0.2) is 11.5 Å². The number of nitrogens with two attached hydrogens (primary N) is 1. The maximum atomic E-state index is 6.32. The van der Waals surface area contributed by atoms with Crippen molar-refractivity contribution in [3.8, 4) is 11.5 Å². The highest BCUT2D eigenvalue weighted by molar-refractivity contribution is 5.50. The van der Waals surface area contributed by atoms with Crippen LogP contribution in [0.1, 0.15) is 33.9 Å². The first-order valence-corrected chi connectivity index (χ1v) is 11.8. The molecule has 34 heavy (non-hydrogen) atoms. The van der Waals surface area contributed by atoms with E-state index < -0.39 is 0 Å². The van der Waals surface area contributed by atoms with Crippen LogP contribution < -0.4 is 20.5 Å². The van der Waals surface area contributed by atoms with E-state index in [1.165, 1.54) is 16.7 Å². The second-order valence-corrected chi connectivity index (χ2v) is 8.75. The van der Waals surface area contributed by atoms with E-state index in [0.717, 1.165) is 47.7 Å². The summed E-state index contributed by atoms with van der Waals surface area (Å²) in [7, 11) is 0. The normalized spacial score (nSPS) is 14.9. The number of hydrogen-bond acceptors (Lipinski definition) is 4. The second-order valence-electron chi connectivity index (χ2n) is 8.75. The maximum absolute atomic E-state index is 6.32. The third-order valence-corrected chi connectivity index (χ3v) is 6.26. The van der Waals surface area contributed by atoms with Crippen molar-refractivity contribution in [2.45, 2.75) is 32.1 Å². The Morgan fingerprint density at radius 2 is 1.29 bits per heavy atom. The number of ether oxygens (including phenoxy) is 2. The first-order chi connectivity index (χ1) is 16.7. The Balaban J connectivity index is 1.42. The molecule has 1 atom stereocenters. The summed E-state index contributed by atoms with van der Waals surface area (Å²) in [6.07, 6.45) is 1.86. The fourth-order valence-corrected chi connectivity index (χ4v) is 4.42. The molecule has 4 heteroatoms. The Labute approximate surface area is 201 Å². The van der Waals surface area contributed by atoms with Crippen LogP contribution in [-0.4, -0.2) is 6.54 Å². The van der Waals surface area contributed by atoms with Gasteiger partial charge in [-0.05, 0) is 71.5 Å². The SMILES string of the molecule is Nc1ccc(CC2NCCc3cc(OCc4ccccc4)c(OCc4ccccc4)cc32)cc1. The Bertz CT molecular complexity index is 1210. The molecule has 0 saturated heterocycles. The average Bonchev–Trinajstić information content (AvgIpc) is 2.89. The van der Waals surface area contributed by atoms with Crippen molar-refractivity contribution < 1.29 is 9.47 Å². The van der Waals surface area contributed by atoms with Gasteiger partial charge >= 0.3 is 0 Å². The smallest absolute Gasteiger partial charge is 0.162 e. The van der Waals surface area contributed by atoms with Crippen molar-refractivity contribution in [2.24, 2.45) is 0 Å². The molecule has 0 saturated carbocycles. The molecule has 0 radical (unpaired) electrons. The summed E-state index contributed by atoms with van der Waals surface area (Å²) in [5.74, 6) is 1.58. The van der Waals surface area contributed by atoms with E-state index in [4.69, 9.17) is 15.2 Å². The second kappa shape index (κ2) is 10.4. The lowest BCUT2D eigenvalue weighted by Gasteiger charge is -2.29. The van der Waals surface area contributed by atoms with Crippen LogP contribution in [0.15, 0.2) is 97.1 Å². The van der Waals surface area contributed by atoms with E-state index in [1.807, 2.05) is 48.5 Å². The standard InChI is InChI=1S/C30H30N2O2/c31-26-13-11-22(12-14-26)17-28-27-19-30(34-21-24-9-5-2-6-10-24)29(18-25(27)15-16-32-28)33-20-23-7-3-1-4-8-23/h1-14,18-19,28,32H,15-17,20-21,31H2. The van der Waals surface area contributed by atoms with Gasteiger partial charge in [-0.3, -0.25) is 0 Å². The molecule has 0 bridgehead atoms. The summed E-state index contributed by atoms with van der Waals surface area (Å²) in [6.45, 7) is 1.95. The molecular formula is C30H30N2O2. The van der Waals surface area contributed by atoms with E-state index in [1.54, 1.807) is 0 Å². The van der Waals surface area contributed by atoms with E-state index >= 15 is 0 Å². The van der Waals surface area contributed by atoms with Crippen LogP contribution in [0.2, 0.25) is 0 Å². The van der Waals surface area contributed by atoms with E-state index in [9.17, 15) is 0 Å². The number of hydrogen-bond donors (Lipinski definition) is 2. The summed E-state index contributed by atoms with van der Waals surface area (Å²) in [5, 5.41) is 3.69. The number of nitrogen functional groups attached to an aromatic ring is 1. The van der Waals surface area contributed by atoms with Gasteiger partial charge in [0, 0.05) is 11.7 Å². The van der Waals surface area contributed by atoms with Crippen LogP contribution in [-0.2, 0) is 26.1 Å². The Kier molecular flexibility index (Phi) is 6.78. The predicted molar refractivity (Wildman–Crippen MR) is 137 cm³/mol. The van der Waals surface area contributed by atoms with Crippen LogP contribution in [0, 0.1) is 0 Å². The van der Waals surface area contributed by atoms with Gasteiger partial charge in [0.1, 0.15) is 13.2 Å².